The first-order chi connectivity index (χ1) is 13.8. The van der Waals surface area contributed by atoms with E-state index in [9.17, 15) is 0 Å². The van der Waals surface area contributed by atoms with Gasteiger partial charge < -0.3 is 19.9 Å². The topological polar surface area (TPSA) is 111 Å². The predicted octanol–water partition coefficient (Wildman–Crippen LogP) is 2.00. The molecule has 1 fully saturated rings. The molecule has 4 heterocycles. The first-order valence-electron chi connectivity index (χ1n) is 9.30. The summed E-state index contributed by atoms with van der Waals surface area (Å²) in [4.78, 5) is 5.71. The molecule has 3 aromatic heterocycles. The third-order valence-electron chi connectivity index (χ3n) is 5.06. The van der Waals surface area contributed by atoms with E-state index in [0.717, 1.165) is 67.0 Å². The Labute approximate surface area is 161 Å². The minimum atomic E-state index is 0.0610. The summed E-state index contributed by atoms with van der Waals surface area (Å²) in [6.45, 7) is 5.43. The smallest absolute Gasteiger partial charge is 0.313 e. The first-order valence-corrected chi connectivity index (χ1v) is 9.30. The molecule has 5 rings (SSSR count). The highest BCUT2D eigenvalue weighted by Crippen LogP contribution is 2.31. The Bertz CT molecular complexity index is 1090. The Balaban J connectivity index is 1.39. The van der Waals surface area contributed by atoms with Crippen LogP contribution in [-0.4, -0.2) is 62.7 Å². The number of fused-ring (bicyclic) bond motifs is 1. The molecule has 9 nitrogen and oxygen atoms in total. The second-order valence-corrected chi connectivity index (χ2v) is 6.85. The molecule has 1 aliphatic heterocycles. The van der Waals surface area contributed by atoms with Crippen LogP contribution in [0.2, 0.25) is 0 Å². The van der Waals surface area contributed by atoms with Crippen molar-refractivity contribution in [3.63, 3.8) is 0 Å². The molecule has 9 heteroatoms. The van der Waals surface area contributed by atoms with Gasteiger partial charge in [-0.3, -0.25) is 9.58 Å². The zero-order chi connectivity index (χ0) is 18.9. The molecule has 0 saturated carbocycles. The Morgan fingerprint density at radius 2 is 2.00 bits per heavy atom. The average molecular weight is 379 g/mol. The lowest BCUT2D eigenvalue weighted by atomic mass is 10.1. The van der Waals surface area contributed by atoms with Crippen LogP contribution in [0.1, 0.15) is 0 Å². The zero-order valence-corrected chi connectivity index (χ0v) is 15.3. The van der Waals surface area contributed by atoms with E-state index in [2.05, 4.69) is 31.4 Å². The molecule has 1 saturated heterocycles. The van der Waals surface area contributed by atoms with Gasteiger partial charge in [-0.25, -0.2) is 0 Å². The van der Waals surface area contributed by atoms with Gasteiger partial charge in [0.05, 0.1) is 26.0 Å². The SMILES string of the molecule is Nc1nnc(-c2ccc3[nH]cc(-c4cnn(CCN5CCOCC5)c4)c3c2)o1. The van der Waals surface area contributed by atoms with Gasteiger partial charge in [-0.15, -0.1) is 5.10 Å². The minimum Gasteiger partial charge on any atom is -0.404 e. The summed E-state index contributed by atoms with van der Waals surface area (Å²) in [5.74, 6) is 0.410. The average Bonchev–Trinajstić information content (AvgIpc) is 3.46. The number of nitrogens with two attached hydrogens (primary N) is 1. The maximum atomic E-state index is 5.55. The quantitative estimate of drug-likeness (QED) is 0.545. The van der Waals surface area contributed by atoms with E-state index in [-0.39, 0.29) is 6.01 Å². The van der Waals surface area contributed by atoms with Crippen molar-refractivity contribution < 1.29 is 9.15 Å². The van der Waals surface area contributed by atoms with Gasteiger partial charge in [-0.2, -0.15) is 5.10 Å². The van der Waals surface area contributed by atoms with Crippen molar-refractivity contribution in [2.45, 2.75) is 6.54 Å². The molecule has 144 valence electrons. The fourth-order valence-corrected chi connectivity index (χ4v) is 3.54. The van der Waals surface area contributed by atoms with Crippen LogP contribution in [0, 0.1) is 0 Å². The van der Waals surface area contributed by atoms with Gasteiger partial charge in [0.1, 0.15) is 0 Å². The number of H-pyrrole nitrogens is 1. The summed E-state index contributed by atoms with van der Waals surface area (Å²) in [7, 11) is 0. The highest BCUT2D eigenvalue weighted by atomic mass is 16.5. The molecule has 0 aliphatic carbocycles. The standard InChI is InChI=1S/C19H21N7O2/c20-19-24-23-18(28-19)13-1-2-17-15(9-13)16(11-21-17)14-10-22-26(12-14)4-3-25-5-7-27-8-6-25/h1-2,9-12,21H,3-8H2,(H2,20,24). The highest BCUT2D eigenvalue weighted by molar-refractivity contribution is 5.97. The van der Waals surface area contributed by atoms with Gasteiger partial charge in [0.15, 0.2) is 0 Å². The maximum Gasteiger partial charge on any atom is 0.313 e. The second kappa shape index (κ2) is 7.10. The largest absolute Gasteiger partial charge is 0.404 e. The van der Waals surface area contributed by atoms with Gasteiger partial charge in [-0.05, 0) is 18.2 Å². The van der Waals surface area contributed by atoms with Crippen molar-refractivity contribution in [2.24, 2.45) is 0 Å². The monoisotopic (exact) mass is 379 g/mol. The number of hydrogen-bond acceptors (Lipinski definition) is 7. The Kier molecular flexibility index (Phi) is 4.30. The number of anilines is 1. The van der Waals surface area contributed by atoms with E-state index in [1.807, 2.05) is 35.3 Å². The summed E-state index contributed by atoms with van der Waals surface area (Å²) in [5, 5.41) is 13.3. The lowest BCUT2D eigenvalue weighted by Gasteiger charge is -2.26. The molecule has 3 N–H and O–H groups in total. The van der Waals surface area contributed by atoms with Crippen molar-refractivity contribution in [2.75, 3.05) is 38.6 Å². The van der Waals surface area contributed by atoms with Crippen LogP contribution in [0.15, 0.2) is 41.2 Å². The van der Waals surface area contributed by atoms with Gasteiger partial charge in [0, 0.05) is 59.6 Å². The van der Waals surface area contributed by atoms with Gasteiger partial charge in [0.25, 0.3) is 0 Å². The van der Waals surface area contributed by atoms with Crippen molar-refractivity contribution in [3.8, 4) is 22.6 Å². The number of nitrogen functional groups attached to an aromatic ring is 1. The van der Waals surface area contributed by atoms with E-state index in [0.29, 0.717) is 5.89 Å². The molecule has 0 amide bonds. The van der Waals surface area contributed by atoms with Crippen LogP contribution >= 0.6 is 0 Å². The molecule has 0 bridgehead atoms. The number of nitrogens with zero attached hydrogens (tertiary/aromatic N) is 5. The Morgan fingerprint density at radius 3 is 2.82 bits per heavy atom. The number of hydrogen-bond donors (Lipinski definition) is 2. The number of rotatable bonds is 5. The summed E-state index contributed by atoms with van der Waals surface area (Å²) < 4.78 is 12.7. The molecule has 1 aliphatic rings. The van der Waals surface area contributed by atoms with E-state index < -0.39 is 0 Å². The van der Waals surface area contributed by atoms with Crippen LogP contribution < -0.4 is 5.73 Å². The normalized spacial score (nSPS) is 15.4. The maximum absolute atomic E-state index is 5.55. The number of morpholine rings is 1. The van der Waals surface area contributed by atoms with Crippen LogP contribution in [-0.2, 0) is 11.3 Å². The fourth-order valence-electron chi connectivity index (χ4n) is 3.54. The summed E-state index contributed by atoms with van der Waals surface area (Å²) >= 11 is 0. The lowest BCUT2D eigenvalue weighted by Crippen LogP contribution is -2.38. The molecule has 0 atom stereocenters. The van der Waals surface area contributed by atoms with Crippen LogP contribution in [0.5, 0.6) is 0 Å². The van der Waals surface area contributed by atoms with Crippen molar-refractivity contribution in [1.82, 2.24) is 29.9 Å². The van der Waals surface area contributed by atoms with E-state index in [1.165, 1.54) is 0 Å². The summed E-state index contributed by atoms with van der Waals surface area (Å²) in [6.07, 6.45) is 5.99. The van der Waals surface area contributed by atoms with E-state index in [4.69, 9.17) is 14.9 Å². The third kappa shape index (κ3) is 3.25. The third-order valence-corrected chi connectivity index (χ3v) is 5.06. The predicted molar refractivity (Wildman–Crippen MR) is 104 cm³/mol. The summed E-state index contributed by atoms with van der Waals surface area (Å²) in [5.41, 5.74) is 9.56. The number of nitrogens with one attached hydrogen (secondary N) is 1. The van der Waals surface area contributed by atoms with Crippen molar-refractivity contribution in [1.29, 1.82) is 0 Å². The van der Waals surface area contributed by atoms with E-state index >= 15 is 0 Å². The van der Waals surface area contributed by atoms with Crippen LogP contribution in [0.25, 0.3) is 33.5 Å². The van der Waals surface area contributed by atoms with Crippen LogP contribution in [0.4, 0.5) is 6.01 Å². The molecular formula is C19H21N7O2. The number of aromatic amines is 1. The Hall–Kier alpha value is -3.17. The zero-order valence-electron chi connectivity index (χ0n) is 15.3. The number of aromatic nitrogens is 5. The Morgan fingerprint density at radius 1 is 1.11 bits per heavy atom. The molecule has 0 unspecified atom stereocenters. The molecule has 4 aromatic rings. The van der Waals surface area contributed by atoms with Gasteiger partial charge in [0.2, 0.25) is 5.89 Å². The van der Waals surface area contributed by atoms with E-state index in [1.54, 1.807) is 0 Å². The fraction of sp³-hybridized carbons (Fsp3) is 0.316. The lowest BCUT2D eigenvalue weighted by molar-refractivity contribution is 0.0360. The van der Waals surface area contributed by atoms with Crippen molar-refractivity contribution in [3.05, 3.63) is 36.8 Å². The van der Waals surface area contributed by atoms with Gasteiger partial charge >= 0.3 is 6.01 Å². The molecular weight excluding hydrogens is 358 g/mol. The van der Waals surface area contributed by atoms with Crippen LogP contribution in [0.3, 0.4) is 0 Å². The minimum absolute atomic E-state index is 0.0610. The first kappa shape index (κ1) is 17.0. The molecule has 0 spiro atoms. The number of benzene rings is 1. The molecule has 28 heavy (non-hydrogen) atoms. The molecule has 0 radical (unpaired) electrons. The number of ether oxygens (including phenoxy) is 1. The van der Waals surface area contributed by atoms with Gasteiger partial charge in [-0.1, -0.05) is 5.10 Å². The molecule has 1 aromatic carbocycles. The highest BCUT2D eigenvalue weighted by Gasteiger charge is 2.14. The summed E-state index contributed by atoms with van der Waals surface area (Å²) in [6, 6.07) is 6.02. The van der Waals surface area contributed by atoms with Crippen molar-refractivity contribution >= 4 is 16.9 Å². The second-order valence-electron chi connectivity index (χ2n) is 6.85.